The Morgan fingerprint density at radius 2 is 1.61 bits per heavy atom. The summed E-state index contributed by atoms with van der Waals surface area (Å²) in [6, 6.07) is 21.8. The summed E-state index contributed by atoms with van der Waals surface area (Å²) in [5.74, 6) is 2.23. The fraction of sp³-hybridized carbons (Fsp3) is 0.333. The molecule has 38 heavy (non-hydrogen) atoms. The molecule has 1 aromatic heterocycles. The van der Waals surface area contributed by atoms with Crippen molar-refractivity contribution in [1.29, 1.82) is 0 Å². The van der Waals surface area contributed by atoms with Crippen LogP contribution in [0.1, 0.15) is 58.9 Å². The molecule has 0 unspecified atom stereocenters. The number of aromatic nitrogens is 1. The van der Waals surface area contributed by atoms with E-state index in [1.54, 1.807) is 0 Å². The Bertz CT molecular complexity index is 1450. The molecule has 0 saturated carbocycles. The van der Waals surface area contributed by atoms with Crippen LogP contribution in [0.5, 0.6) is 11.5 Å². The van der Waals surface area contributed by atoms with E-state index in [-0.39, 0.29) is 43.5 Å². The Balaban J connectivity index is 0.000000223. The van der Waals surface area contributed by atoms with Crippen LogP contribution >= 0.6 is 0 Å². The monoisotopic (exact) mass is 687 g/mol. The number of aliphatic hydroxyl groups excluding tert-OH is 1. The molecule has 0 spiro atoms. The predicted octanol–water partition coefficient (Wildman–Crippen LogP) is 9.14. The van der Waals surface area contributed by atoms with Gasteiger partial charge >= 0.3 is 0 Å². The molecule has 2 heterocycles. The van der Waals surface area contributed by atoms with Crippen LogP contribution in [-0.4, -0.2) is 15.9 Å². The van der Waals surface area contributed by atoms with Crippen molar-refractivity contribution in [2.24, 2.45) is 11.8 Å². The molecule has 1 radical (unpaired) electrons. The van der Waals surface area contributed by atoms with Gasteiger partial charge in [-0.1, -0.05) is 68.8 Å². The topological polar surface area (TPSA) is 59.4 Å². The van der Waals surface area contributed by atoms with Crippen LogP contribution in [0.15, 0.2) is 66.4 Å². The van der Waals surface area contributed by atoms with E-state index in [1.165, 1.54) is 11.6 Å². The fourth-order valence-corrected chi connectivity index (χ4v) is 5.00. The molecular weight excluding hydrogens is 651 g/mol. The van der Waals surface area contributed by atoms with Crippen molar-refractivity contribution in [2.45, 2.75) is 60.3 Å². The van der Waals surface area contributed by atoms with Gasteiger partial charge in [0.25, 0.3) is 0 Å². The molecule has 0 saturated heterocycles. The molecule has 3 aromatic carbocycles. The molecule has 0 atom stereocenters. The smallest absolute Gasteiger partial charge is 0.162 e. The minimum Gasteiger partial charge on any atom is -0.512 e. The maximum absolute atomic E-state index is 11.7. The number of ketones is 1. The number of ether oxygens (including phenoxy) is 1. The molecule has 4 aromatic rings. The number of carbonyl (C=O) groups excluding carboxylic acids is 1. The zero-order valence-corrected chi connectivity index (χ0v) is 25.2. The molecule has 5 heteroatoms. The Kier molecular flexibility index (Phi) is 10.2. The van der Waals surface area contributed by atoms with Crippen LogP contribution in [0.2, 0.25) is 0 Å². The summed E-state index contributed by atoms with van der Waals surface area (Å²) in [7, 11) is 0. The Morgan fingerprint density at radius 1 is 0.947 bits per heavy atom. The molecule has 5 rings (SSSR count). The van der Waals surface area contributed by atoms with Gasteiger partial charge in [-0.3, -0.25) is 9.78 Å². The molecule has 1 aliphatic rings. The van der Waals surface area contributed by atoms with Crippen LogP contribution < -0.4 is 4.74 Å². The van der Waals surface area contributed by atoms with Gasteiger partial charge in [-0.05, 0) is 50.3 Å². The third kappa shape index (κ3) is 6.00. The maximum atomic E-state index is 11.7. The number of nitrogens with zero attached hydrogens (tertiary/aromatic N) is 1. The molecule has 0 fully saturated rings. The number of pyridine rings is 1. The number of carbonyl (C=O) groups is 1. The van der Waals surface area contributed by atoms with Crippen molar-refractivity contribution >= 4 is 27.5 Å². The van der Waals surface area contributed by atoms with Crippen LogP contribution in [0.25, 0.3) is 32.9 Å². The first-order chi connectivity index (χ1) is 17.9. The Morgan fingerprint density at radius 3 is 2.29 bits per heavy atom. The zero-order chi connectivity index (χ0) is 26.5. The summed E-state index contributed by atoms with van der Waals surface area (Å²) >= 11 is 0. The molecule has 4 nitrogen and oxygen atoms in total. The summed E-state index contributed by atoms with van der Waals surface area (Å²) in [5, 5.41) is 13.1. The summed E-state index contributed by atoms with van der Waals surface area (Å²) in [4.78, 5) is 16.6. The van der Waals surface area contributed by atoms with E-state index >= 15 is 0 Å². The van der Waals surface area contributed by atoms with Gasteiger partial charge in [0.15, 0.2) is 5.78 Å². The average Bonchev–Trinajstić information content (AvgIpc) is 2.90. The molecule has 0 amide bonds. The van der Waals surface area contributed by atoms with Gasteiger partial charge in [0.1, 0.15) is 5.75 Å². The fourth-order valence-electron chi connectivity index (χ4n) is 5.00. The quantitative estimate of drug-likeness (QED) is 0.105. The largest absolute Gasteiger partial charge is 0.512 e. The van der Waals surface area contributed by atoms with Crippen molar-refractivity contribution in [2.75, 3.05) is 0 Å². The average molecular weight is 687 g/mol. The van der Waals surface area contributed by atoms with Gasteiger partial charge in [0, 0.05) is 49.1 Å². The molecule has 201 valence electrons. The zero-order valence-electron chi connectivity index (χ0n) is 22.8. The van der Waals surface area contributed by atoms with Crippen molar-refractivity contribution in [3.63, 3.8) is 0 Å². The molecule has 0 aliphatic carbocycles. The van der Waals surface area contributed by atoms with Gasteiger partial charge in [0.05, 0.1) is 17.0 Å². The number of allylic oxidation sites excluding steroid dienone is 2. The van der Waals surface area contributed by atoms with Crippen LogP contribution in [0.3, 0.4) is 0 Å². The van der Waals surface area contributed by atoms with Crippen LogP contribution in [0, 0.1) is 24.8 Å². The summed E-state index contributed by atoms with van der Waals surface area (Å²) in [6.07, 6.45) is 4.91. The van der Waals surface area contributed by atoms with E-state index in [0.717, 1.165) is 70.1 Å². The standard InChI is InChI=1S/C20H12NO.C13H24O2.Ir/c1-12-5-2-8-14-11-17-20(21-19(12)14)15-9-3-6-13-7-4-10-16(22-17)18(13)15;1-5-10(6-2)12(14)9-13(15)11(7-3)8-4;/h2-8,10-11H,1H3;9-11,14H,5-8H2,1-4H3;/q-1;;/b;12-9-;. The number of benzene rings is 3. The molecule has 0 bridgehead atoms. The predicted molar refractivity (Wildman–Crippen MR) is 152 cm³/mol. The van der Waals surface area contributed by atoms with Gasteiger partial charge in [-0.25, -0.2) is 0 Å². The Labute approximate surface area is 239 Å². The van der Waals surface area contributed by atoms with Crippen molar-refractivity contribution in [3.05, 3.63) is 78.1 Å². The van der Waals surface area contributed by atoms with E-state index in [0.29, 0.717) is 0 Å². The van der Waals surface area contributed by atoms with E-state index < -0.39 is 0 Å². The number of fused-ring (bicyclic) bond motifs is 3. The normalized spacial score (nSPS) is 12.0. The maximum Gasteiger partial charge on any atom is 0.162 e. The number of para-hydroxylation sites is 1. The van der Waals surface area contributed by atoms with Crippen molar-refractivity contribution in [1.82, 2.24) is 4.98 Å². The van der Waals surface area contributed by atoms with E-state index in [1.807, 2.05) is 45.9 Å². The minimum atomic E-state index is 0. The SMILES string of the molecule is CCC(CC)C(=O)/C=C(\O)C(CC)CC.Cc1cccc2cc3c(nc12)-c1[c-]ccc2cccc(c12)O3.[Ir]. The van der Waals surface area contributed by atoms with E-state index in [4.69, 9.17) is 9.72 Å². The number of hydrogen-bond donors (Lipinski definition) is 1. The molecular formula is C33H36IrNO3-. The number of hydrogen-bond acceptors (Lipinski definition) is 4. The van der Waals surface area contributed by atoms with Gasteiger partial charge < -0.3 is 9.84 Å². The van der Waals surface area contributed by atoms with Crippen molar-refractivity contribution in [3.8, 4) is 22.8 Å². The number of rotatable bonds is 7. The van der Waals surface area contributed by atoms with E-state index in [9.17, 15) is 9.90 Å². The summed E-state index contributed by atoms with van der Waals surface area (Å²) in [6.45, 7) is 10.2. The molecule has 1 N–H and O–H groups in total. The second-order valence-electron chi connectivity index (χ2n) is 9.66. The number of aliphatic hydroxyl groups is 1. The molecule has 1 aliphatic heterocycles. The number of aryl methyl sites for hydroxylation is 1. The Hall–Kier alpha value is -3.01. The summed E-state index contributed by atoms with van der Waals surface area (Å²) in [5.41, 5.74) is 4.10. The van der Waals surface area contributed by atoms with Gasteiger partial charge in [-0.2, -0.15) is 0 Å². The van der Waals surface area contributed by atoms with Crippen LogP contribution in [-0.2, 0) is 24.9 Å². The summed E-state index contributed by atoms with van der Waals surface area (Å²) < 4.78 is 6.11. The first-order valence-corrected chi connectivity index (χ1v) is 13.4. The minimum absolute atomic E-state index is 0. The van der Waals surface area contributed by atoms with E-state index in [2.05, 4.69) is 49.4 Å². The third-order valence-electron chi connectivity index (χ3n) is 7.35. The van der Waals surface area contributed by atoms with Gasteiger partial charge in [-0.15, -0.1) is 23.8 Å². The van der Waals surface area contributed by atoms with Crippen molar-refractivity contribution < 1.29 is 34.7 Å². The van der Waals surface area contributed by atoms with Gasteiger partial charge in [0.2, 0.25) is 0 Å². The second-order valence-corrected chi connectivity index (χ2v) is 9.66. The first-order valence-electron chi connectivity index (χ1n) is 13.4. The second kappa shape index (κ2) is 13.2. The van der Waals surface area contributed by atoms with Crippen LogP contribution in [0.4, 0.5) is 0 Å². The first kappa shape index (κ1) is 29.5. The third-order valence-corrected chi connectivity index (χ3v) is 7.35.